The minimum absolute atomic E-state index is 0.285. The van der Waals surface area contributed by atoms with Gasteiger partial charge in [-0.15, -0.1) is 11.6 Å². The van der Waals surface area contributed by atoms with Crippen LogP contribution in [0.5, 0.6) is 0 Å². The molecule has 1 aromatic rings. The van der Waals surface area contributed by atoms with E-state index >= 15 is 0 Å². The molecule has 1 atom stereocenters. The Morgan fingerprint density at radius 1 is 1.44 bits per heavy atom. The van der Waals surface area contributed by atoms with E-state index in [1.54, 1.807) is 0 Å². The van der Waals surface area contributed by atoms with Crippen molar-refractivity contribution in [1.82, 2.24) is 9.78 Å². The Hall–Kier alpha value is -0.0200. The lowest BCUT2D eigenvalue weighted by Crippen LogP contribution is -2.08. The molecule has 0 aliphatic rings. The molecular weight excluding hydrogens is 288 g/mol. The van der Waals surface area contributed by atoms with E-state index in [1.165, 1.54) is 5.69 Å². The van der Waals surface area contributed by atoms with Crippen molar-refractivity contribution in [2.45, 2.75) is 45.4 Å². The third-order valence-electron chi connectivity index (χ3n) is 2.88. The van der Waals surface area contributed by atoms with Crippen molar-refractivity contribution in [2.24, 2.45) is 13.0 Å². The molecule has 2 nitrogen and oxygen atoms in total. The largest absolute Gasteiger partial charge is 0.271 e. The van der Waals surface area contributed by atoms with E-state index in [1.807, 2.05) is 18.7 Å². The maximum atomic E-state index is 6.23. The van der Waals surface area contributed by atoms with Gasteiger partial charge >= 0.3 is 0 Å². The molecular formula is C12H20BrClN2. The number of halogens is 2. The topological polar surface area (TPSA) is 17.8 Å². The van der Waals surface area contributed by atoms with Crippen molar-refractivity contribution in [2.75, 3.05) is 0 Å². The van der Waals surface area contributed by atoms with E-state index in [4.69, 9.17) is 11.6 Å². The van der Waals surface area contributed by atoms with Crippen molar-refractivity contribution in [3.63, 3.8) is 0 Å². The first-order valence-corrected chi connectivity index (χ1v) is 6.98. The van der Waals surface area contributed by atoms with E-state index in [0.717, 1.165) is 29.4 Å². The molecule has 0 aliphatic heterocycles. The maximum Gasteiger partial charge on any atom is 0.0738 e. The summed E-state index contributed by atoms with van der Waals surface area (Å²) >= 11 is 9.81. The van der Waals surface area contributed by atoms with Gasteiger partial charge in [-0.25, -0.2) is 0 Å². The van der Waals surface area contributed by atoms with Crippen LogP contribution in [0, 0.1) is 12.8 Å². The molecule has 16 heavy (non-hydrogen) atoms. The fourth-order valence-electron chi connectivity index (χ4n) is 1.75. The summed E-state index contributed by atoms with van der Waals surface area (Å²) in [6.07, 6.45) is 3.22. The molecule has 0 aromatic carbocycles. The van der Waals surface area contributed by atoms with Crippen molar-refractivity contribution in [1.29, 1.82) is 0 Å². The quantitative estimate of drug-likeness (QED) is 0.750. The van der Waals surface area contributed by atoms with Gasteiger partial charge in [0.2, 0.25) is 0 Å². The smallest absolute Gasteiger partial charge is 0.0738 e. The second-order valence-corrected chi connectivity index (χ2v) is 5.98. The Balaban J connectivity index is 2.49. The minimum Gasteiger partial charge on any atom is -0.271 e. The van der Waals surface area contributed by atoms with Crippen molar-refractivity contribution < 1.29 is 0 Å². The summed E-state index contributed by atoms with van der Waals surface area (Å²) in [4.78, 5) is 0. The van der Waals surface area contributed by atoms with Gasteiger partial charge in [-0.1, -0.05) is 13.8 Å². The lowest BCUT2D eigenvalue weighted by molar-refractivity contribution is 0.540. The highest BCUT2D eigenvalue weighted by molar-refractivity contribution is 9.10. The van der Waals surface area contributed by atoms with Gasteiger partial charge in [-0.05, 0) is 48.0 Å². The molecule has 0 aliphatic carbocycles. The third kappa shape index (κ3) is 3.49. The Morgan fingerprint density at radius 2 is 2.06 bits per heavy atom. The van der Waals surface area contributed by atoms with Gasteiger partial charge in [0.05, 0.1) is 15.9 Å². The summed E-state index contributed by atoms with van der Waals surface area (Å²) in [5.74, 6) is 0.554. The molecule has 0 fully saturated rings. The second kappa shape index (κ2) is 6.06. The predicted octanol–water partition coefficient (Wildman–Crippen LogP) is 4.08. The zero-order valence-electron chi connectivity index (χ0n) is 10.4. The maximum absolute atomic E-state index is 6.23. The molecule has 1 unspecified atom stereocenters. The number of rotatable bonds is 5. The molecule has 0 radical (unpaired) electrons. The Bertz CT molecular complexity index is 347. The monoisotopic (exact) mass is 306 g/mol. The number of aromatic nitrogens is 2. The number of nitrogens with zero attached hydrogens (tertiary/aromatic N) is 2. The van der Waals surface area contributed by atoms with Crippen LogP contribution in [-0.2, 0) is 13.5 Å². The summed E-state index contributed by atoms with van der Waals surface area (Å²) < 4.78 is 3.10. The standard InChI is InChI=1S/C12H20BrClN2/c1-8(2)10(14)6-5-7-11-12(13)9(3)15-16(11)4/h8,10H,5-7H2,1-4H3. The summed E-state index contributed by atoms with van der Waals surface area (Å²) in [5, 5.41) is 4.67. The zero-order valence-corrected chi connectivity index (χ0v) is 12.8. The first kappa shape index (κ1) is 14.0. The Labute approximate surface area is 111 Å². The van der Waals surface area contributed by atoms with Gasteiger partial charge in [0.25, 0.3) is 0 Å². The lowest BCUT2D eigenvalue weighted by atomic mass is 10.0. The molecule has 0 saturated heterocycles. The third-order valence-corrected chi connectivity index (χ3v) is 4.63. The van der Waals surface area contributed by atoms with E-state index in [9.17, 15) is 0 Å². The van der Waals surface area contributed by atoms with Gasteiger partial charge in [0.15, 0.2) is 0 Å². The van der Waals surface area contributed by atoms with E-state index in [0.29, 0.717) is 5.92 Å². The van der Waals surface area contributed by atoms with Crippen LogP contribution in [0.25, 0.3) is 0 Å². The Kier molecular flexibility index (Phi) is 5.32. The summed E-state index contributed by atoms with van der Waals surface area (Å²) in [7, 11) is 1.99. The molecule has 4 heteroatoms. The highest BCUT2D eigenvalue weighted by atomic mass is 79.9. The van der Waals surface area contributed by atoms with Crippen LogP contribution in [0.15, 0.2) is 4.47 Å². The average Bonchev–Trinajstić information content (AvgIpc) is 2.44. The molecule has 1 rings (SSSR count). The van der Waals surface area contributed by atoms with Crippen LogP contribution in [-0.4, -0.2) is 15.2 Å². The van der Waals surface area contributed by atoms with Crippen LogP contribution in [0.1, 0.15) is 38.1 Å². The van der Waals surface area contributed by atoms with Crippen LogP contribution < -0.4 is 0 Å². The molecule has 1 heterocycles. The normalized spacial score (nSPS) is 13.4. The van der Waals surface area contributed by atoms with Crippen molar-refractivity contribution in [3.05, 3.63) is 15.9 Å². The lowest BCUT2D eigenvalue weighted by Gasteiger charge is -2.12. The highest BCUT2D eigenvalue weighted by Gasteiger charge is 2.13. The summed E-state index contributed by atoms with van der Waals surface area (Å²) in [6.45, 7) is 6.36. The molecule has 0 spiro atoms. The molecule has 92 valence electrons. The average molecular weight is 308 g/mol. The number of hydrogen-bond donors (Lipinski definition) is 0. The molecule has 0 saturated carbocycles. The highest BCUT2D eigenvalue weighted by Crippen LogP contribution is 2.23. The fraction of sp³-hybridized carbons (Fsp3) is 0.750. The molecule has 1 aromatic heterocycles. The van der Waals surface area contributed by atoms with Gasteiger partial charge in [-0.2, -0.15) is 5.10 Å². The summed E-state index contributed by atoms with van der Waals surface area (Å²) in [5.41, 5.74) is 2.33. The number of alkyl halides is 1. The first-order valence-electron chi connectivity index (χ1n) is 5.75. The number of aryl methyl sites for hydroxylation is 2. The summed E-state index contributed by atoms with van der Waals surface area (Å²) in [6, 6.07) is 0. The molecule has 0 bridgehead atoms. The fourth-order valence-corrected chi connectivity index (χ4v) is 2.44. The van der Waals surface area contributed by atoms with E-state index in [2.05, 4.69) is 34.9 Å². The van der Waals surface area contributed by atoms with Crippen LogP contribution in [0.3, 0.4) is 0 Å². The second-order valence-electron chi connectivity index (χ2n) is 4.62. The van der Waals surface area contributed by atoms with Crippen molar-refractivity contribution in [3.8, 4) is 0 Å². The van der Waals surface area contributed by atoms with E-state index < -0.39 is 0 Å². The van der Waals surface area contributed by atoms with Crippen LogP contribution in [0.2, 0.25) is 0 Å². The molecule has 0 N–H and O–H groups in total. The number of hydrogen-bond acceptors (Lipinski definition) is 1. The van der Waals surface area contributed by atoms with Crippen LogP contribution >= 0.6 is 27.5 Å². The Morgan fingerprint density at radius 3 is 2.50 bits per heavy atom. The van der Waals surface area contributed by atoms with Crippen LogP contribution in [0.4, 0.5) is 0 Å². The van der Waals surface area contributed by atoms with Gasteiger partial charge < -0.3 is 0 Å². The van der Waals surface area contributed by atoms with E-state index in [-0.39, 0.29) is 5.38 Å². The minimum atomic E-state index is 0.285. The van der Waals surface area contributed by atoms with Gasteiger partial charge in [0, 0.05) is 12.4 Å². The van der Waals surface area contributed by atoms with Gasteiger partial charge in [0.1, 0.15) is 0 Å². The predicted molar refractivity (Wildman–Crippen MR) is 73.1 cm³/mol. The SMILES string of the molecule is Cc1nn(C)c(CCCC(Cl)C(C)C)c1Br. The zero-order chi connectivity index (χ0) is 12.3. The molecule has 0 amide bonds. The first-order chi connectivity index (χ1) is 7.43. The van der Waals surface area contributed by atoms with Gasteiger partial charge in [-0.3, -0.25) is 4.68 Å². The van der Waals surface area contributed by atoms with Crippen molar-refractivity contribution >= 4 is 27.5 Å².